The number of imidazole rings is 1. The van der Waals surface area contributed by atoms with Crippen LogP contribution in [-0.2, 0) is 0 Å². The van der Waals surface area contributed by atoms with Gasteiger partial charge in [-0.05, 0) is 48.5 Å². The first kappa shape index (κ1) is 18.2. The minimum Gasteiger partial charge on any atom is -0.368 e. The second-order valence-electron chi connectivity index (χ2n) is 7.40. The Balaban J connectivity index is 1.25. The van der Waals surface area contributed by atoms with E-state index in [2.05, 4.69) is 44.0 Å². The molecule has 30 heavy (non-hydrogen) atoms. The lowest BCUT2D eigenvalue weighted by Gasteiger charge is -2.37. The summed E-state index contributed by atoms with van der Waals surface area (Å²) in [5.74, 6) is 0.880. The summed E-state index contributed by atoms with van der Waals surface area (Å²) in [4.78, 5) is 23.1. The number of para-hydroxylation sites is 2. The molecule has 7 heteroatoms. The maximum absolute atomic E-state index is 10.8. The number of hydrogen-bond acceptors (Lipinski definition) is 5. The zero-order chi connectivity index (χ0) is 20.5. The van der Waals surface area contributed by atoms with E-state index in [0.717, 1.165) is 54.3 Å². The molecule has 0 amide bonds. The third-order valence-corrected chi connectivity index (χ3v) is 5.60. The fourth-order valence-corrected chi connectivity index (χ4v) is 3.93. The van der Waals surface area contributed by atoms with Crippen molar-refractivity contribution in [2.75, 3.05) is 36.0 Å². The van der Waals surface area contributed by atoms with Crippen LogP contribution in [-0.4, -0.2) is 41.1 Å². The van der Waals surface area contributed by atoms with Crippen LogP contribution in [0, 0.1) is 10.1 Å². The smallest absolute Gasteiger partial charge is 0.269 e. The van der Waals surface area contributed by atoms with Crippen LogP contribution in [0.1, 0.15) is 0 Å². The lowest BCUT2D eigenvalue weighted by Crippen LogP contribution is -2.46. The Hall–Kier alpha value is -3.87. The minimum atomic E-state index is -0.364. The Morgan fingerprint density at radius 3 is 1.93 bits per heavy atom. The number of benzene rings is 3. The summed E-state index contributed by atoms with van der Waals surface area (Å²) in [6.07, 6.45) is 0. The van der Waals surface area contributed by atoms with E-state index >= 15 is 0 Å². The Bertz CT molecular complexity index is 1140. The number of nitrogens with one attached hydrogen (secondary N) is 1. The maximum Gasteiger partial charge on any atom is 0.269 e. The molecule has 0 bridgehead atoms. The van der Waals surface area contributed by atoms with E-state index in [1.807, 2.05) is 36.4 Å². The van der Waals surface area contributed by atoms with E-state index in [9.17, 15) is 10.1 Å². The zero-order valence-electron chi connectivity index (χ0n) is 16.4. The lowest BCUT2D eigenvalue weighted by molar-refractivity contribution is -0.384. The molecule has 7 nitrogen and oxygen atoms in total. The lowest BCUT2D eigenvalue weighted by atomic mass is 10.1. The zero-order valence-corrected chi connectivity index (χ0v) is 16.4. The molecule has 0 unspecified atom stereocenters. The third kappa shape index (κ3) is 3.45. The van der Waals surface area contributed by atoms with Crippen molar-refractivity contribution < 1.29 is 4.92 Å². The normalized spacial score (nSPS) is 14.3. The van der Waals surface area contributed by atoms with E-state index < -0.39 is 0 Å². The molecule has 150 valence electrons. The molecule has 4 aromatic rings. The van der Waals surface area contributed by atoms with E-state index in [4.69, 9.17) is 0 Å². The number of rotatable bonds is 4. The quantitative estimate of drug-likeness (QED) is 0.405. The second kappa shape index (κ2) is 7.51. The van der Waals surface area contributed by atoms with Crippen molar-refractivity contribution in [3.63, 3.8) is 0 Å². The molecule has 1 aliphatic heterocycles. The van der Waals surface area contributed by atoms with Crippen LogP contribution < -0.4 is 9.80 Å². The van der Waals surface area contributed by atoms with Gasteiger partial charge in [0.05, 0.1) is 16.0 Å². The van der Waals surface area contributed by atoms with Gasteiger partial charge in [-0.3, -0.25) is 10.1 Å². The highest BCUT2D eigenvalue weighted by Crippen LogP contribution is 2.26. The van der Waals surface area contributed by atoms with Crippen molar-refractivity contribution in [2.45, 2.75) is 0 Å². The van der Waals surface area contributed by atoms with E-state index in [1.165, 1.54) is 5.69 Å². The van der Waals surface area contributed by atoms with Crippen molar-refractivity contribution >= 4 is 28.1 Å². The topological polar surface area (TPSA) is 78.3 Å². The van der Waals surface area contributed by atoms with Gasteiger partial charge >= 0.3 is 0 Å². The summed E-state index contributed by atoms with van der Waals surface area (Å²) in [5, 5.41) is 10.8. The number of hydrogen-bond donors (Lipinski definition) is 1. The first-order valence-electron chi connectivity index (χ1n) is 9.97. The summed E-state index contributed by atoms with van der Waals surface area (Å²) < 4.78 is 0. The van der Waals surface area contributed by atoms with Crippen LogP contribution in [0.4, 0.5) is 17.1 Å². The summed E-state index contributed by atoms with van der Waals surface area (Å²) in [5.41, 5.74) is 5.43. The van der Waals surface area contributed by atoms with Crippen LogP contribution in [0.15, 0.2) is 72.8 Å². The van der Waals surface area contributed by atoms with Crippen LogP contribution >= 0.6 is 0 Å². The molecule has 1 aliphatic rings. The monoisotopic (exact) mass is 399 g/mol. The average Bonchev–Trinajstić information content (AvgIpc) is 3.24. The largest absolute Gasteiger partial charge is 0.368 e. The van der Waals surface area contributed by atoms with E-state index in [1.54, 1.807) is 12.1 Å². The number of anilines is 2. The molecule has 0 spiro atoms. The Morgan fingerprint density at radius 1 is 0.800 bits per heavy atom. The fourth-order valence-electron chi connectivity index (χ4n) is 3.93. The maximum atomic E-state index is 10.8. The Kier molecular flexibility index (Phi) is 4.55. The number of piperazine rings is 1. The van der Waals surface area contributed by atoms with Gasteiger partial charge in [-0.25, -0.2) is 4.98 Å². The van der Waals surface area contributed by atoms with Crippen molar-refractivity contribution in [3.8, 4) is 11.4 Å². The molecular formula is C23H21N5O2. The molecule has 1 fully saturated rings. The number of nitro benzene ring substituents is 1. The van der Waals surface area contributed by atoms with Gasteiger partial charge in [-0.1, -0.05) is 12.1 Å². The highest BCUT2D eigenvalue weighted by molar-refractivity contribution is 5.79. The molecule has 1 aromatic heterocycles. The van der Waals surface area contributed by atoms with Gasteiger partial charge in [0.15, 0.2) is 0 Å². The molecule has 2 heterocycles. The summed E-state index contributed by atoms with van der Waals surface area (Å²) in [6, 6.07) is 23.3. The molecule has 0 saturated carbocycles. The number of non-ortho nitro benzene ring substituents is 1. The van der Waals surface area contributed by atoms with Crippen LogP contribution in [0.25, 0.3) is 22.4 Å². The minimum absolute atomic E-state index is 0.127. The molecule has 0 atom stereocenters. The van der Waals surface area contributed by atoms with E-state index in [0.29, 0.717) is 0 Å². The summed E-state index contributed by atoms with van der Waals surface area (Å²) in [6.45, 7) is 3.56. The molecule has 0 radical (unpaired) electrons. The predicted octanol–water partition coefficient (Wildman–Crippen LogP) is 4.46. The van der Waals surface area contributed by atoms with Gasteiger partial charge in [-0.2, -0.15) is 0 Å². The van der Waals surface area contributed by atoms with Crippen molar-refractivity contribution in [2.24, 2.45) is 0 Å². The number of aromatic nitrogens is 2. The number of fused-ring (bicyclic) bond motifs is 1. The van der Waals surface area contributed by atoms with Crippen molar-refractivity contribution in [3.05, 3.63) is 82.9 Å². The predicted molar refractivity (Wildman–Crippen MR) is 119 cm³/mol. The van der Waals surface area contributed by atoms with Gasteiger partial charge < -0.3 is 14.8 Å². The van der Waals surface area contributed by atoms with Crippen LogP contribution in [0.5, 0.6) is 0 Å². The van der Waals surface area contributed by atoms with Crippen LogP contribution in [0.3, 0.4) is 0 Å². The third-order valence-electron chi connectivity index (χ3n) is 5.60. The number of aromatic amines is 1. The highest BCUT2D eigenvalue weighted by atomic mass is 16.6. The molecule has 0 aliphatic carbocycles. The summed E-state index contributed by atoms with van der Waals surface area (Å²) >= 11 is 0. The average molecular weight is 399 g/mol. The standard InChI is InChI=1S/C23H21N5O2/c29-28(30)20-11-9-19(10-12-20)27-15-13-26(14-16-27)18-7-5-17(6-8-18)23-24-21-3-1-2-4-22(21)25-23/h1-12H,13-16H2,(H,24,25). The second-order valence-corrected chi connectivity index (χ2v) is 7.40. The Labute approximate surface area is 173 Å². The SMILES string of the molecule is O=[N+]([O-])c1ccc(N2CCN(c3ccc(-c4nc5ccccc5[nH]4)cc3)CC2)cc1. The molecule has 1 N–H and O–H groups in total. The Morgan fingerprint density at radius 2 is 1.37 bits per heavy atom. The van der Waals surface area contributed by atoms with Gasteiger partial charge in [-0.15, -0.1) is 0 Å². The van der Waals surface area contributed by atoms with Gasteiger partial charge in [0.2, 0.25) is 0 Å². The highest BCUT2D eigenvalue weighted by Gasteiger charge is 2.18. The molecule has 5 rings (SSSR count). The molecule has 3 aromatic carbocycles. The molecule has 1 saturated heterocycles. The van der Waals surface area contributed by atoms with Crippen molar-refractivity contribution in [1.82, 2.24) is 9.97 Å². The van der Waals surface area contributed by atoms with E-state index in [-0.39, 0.29) is 10.6 Å². The fraction of sp³-hybridized carbons (Fsp3) is 0.174. The van der Waals surface area contributed by atoms with Crippen molar-refractivity contribution in [1.29, 1.82) is 0 Å². The van der Waals surface area contributed by atoms with Gasteiger partial charge in [0, 0.05) is 55.2 Å². The number of H-pyrrole nitrogens is 1. The number of nitro groups is 1. The van der Waals surface area contributed by atoms with Gasteiger partial charge in [0.25, 0.3) is 5.69 Å². The first-order chi connectivity index (χ1) is 14.7. The summed E-state index contributed by atoms with van der Waals surface area (Å²) in [7, 11) is 0. The van der Waals surface area contributed by atoms with Crippen LogP contribution in [0.2, 0.25) is 0 Å². The molecular weight excluding hydrogens is 378 g/mol. The van der Waals surface area contributed by atoms with Gasteiger partial charge in [0.1, 0.15) is 5.82 Å². The first-order valence-corrected chi connectivity index (χ1v) is 9.97. The number of nitrogens with zero attached hydrogens (tertiary/aromatic N) is 4.